The van der Waals surface area contributed by atoms with Crippen LogP contribution < -0.4 is 0 Å². The van der Waals surface area contributed by atoms with E-state index in [1.54, 1.807) is 0 Å². The molecule has 3 heteroatoms. The van der Waals surface area contributed by atoms with E-state index in [2.05, 4.69) is 31.2 Å². The molecule has 0 bridgehead atoms. The van der Waals surface area contributed by atoms with E-state index in [-0.39, 0.29) is 11.4 Å². The molecule has 3 atom stereocenters. The van der Waals surface area contributed by atoms with Crippen molar-refractivity contribution in [2.45, 2.75) is 38.0 Å². The highest BCUT2D eigenvalue weighted by Gasteiger charge is 2.29. The molecule has 0 aromatic heterocycles. The largest absolute Gasteiger partial charge is 0.377 e. The summed E-state index contributed by atoms with van der Waals surface area (Å²) >= 11 is 0. The molecule has 1 heterocycles. The van der Waals surface area contributed by atoms with Gasteiger partial charge in [-0.3, -0.25) is 4.21 Å². The number of hydrogen-bond acceptors (Lipinski definition) is 2. The molecule has 0 saturated carbocycles. The fraction of sp³-hybridized carbons (Fsp3) is 0.571. The summed E-state index contributed by atoms with van der Waals surface area (Å²) in [5, 5.41) is 0.237. The number of hydrogen-bond donors (Lipinski definition) is 0. The van der Waals surface area contributed by atoms with Gasteiger partial charge in [0.15, 0.2) is 0 Å². The van der Waals surface area contributed by atoms with Crippen LogP contribution in [0.15, 0.2) is 24.3 Å². The highest BCUT2D eigenvalue weighted by atomic mass is 32.2. The molecule has 0 spiro atoms. The molecule has 1 fully saturated rings. The lowest BCUT2D eigenvalue weighted by Crippen LogP contribution is -2.25. The smallest absolute Gasteiger partial charge is 0.0691 e. The second-order valence-corrected chi connectivity index (χ2v) is 6.50. The Kier molecular flexibility index (Phi) is 4.35. The summed E-state index contributed by atoms with van der Waals surface area (Å²) < 4.78 is 17.6. The van der Waals surface area contributed by atoms with Crippen LogP contribution in [0.1, 0.15) is 24.5 Å². The maximum Gasteiger partial charge on any atom is 0.0691 e. The monoisotopic (exact) mass is 252 g/mol. The lowest BCUT2D eigenvalue weighted by atomic mass is 10.1. The third-order valence-corrected chi connectivity index (χ3v) is 5.26. The zero-order valence-electron chi connectivity index (χ0n) is 10.5. The number of ether oxygens (including phenoxy) is 1. The molecule has 0 aliphatic carbocycles. The average molecular weight is 252 g/mol. The van der Waals surface area contributed by atoms with Crippen molar-refractivity contribution in [1.29, 1.82) is 0 Å². The first-order valence-electron chi connectivity index (χ1n) is 6.21. The third-order valence-electron chi connectivity index (χ3n) is 3.36. The van der Waals surface area contributed by atoms with Crippen molar-refractivity contribution in [1.82, 2.24) is 0 Å². The van der Waals surface area contributed by atoms with E-state index >= 15 is 0 Å². The quantitative estimate of drug-likeness (QED) is 0.823. The second-order valence-electron chi connectivity index (χ2n) is 4.72. The van der Waals surface area contributed by atoms with Gasteiger partial charge in [-0.25, -0.2) is 0 Å². The van der Waals surface area contributed by atoms with E-state index in [4.69, 9.17) is 4.74 Å². The Hall–Kier alpha value is -0.670. The predicted molar refractivity (Wildman–Crippen MR) is 71.7 cm³/mol. The Balaban J connectivity index is 1.85. The standard InChI is InChI=1S/C14H20O2S/c1-11-3-5-13(6-4-11)8-10-17(15)14-7-9-16-12(14)2/h3-6,12,14H,7-10H2,1-2H3/t12-,14+,17+/m1/s1. The van der Waals surface area contributed by atoms with Crippen molar-refractivity contribution in [3.05, 3.63) is 35.4 Å². The topological polar surface area (TPSA) is 26.3 Å². The van der Waals surface area contributed by atoms with Crippen molar-refractivity contribution in [2.24, 2.45) is 0 Å². The lowest BCUT2D eigenvalue weighted by molar-refractivity contribution is 0.127. The van der Waals surface area contributed by atoms with Crippen LogP contribution in [-0.4, -0.2) is 27.9 Å². The van der Waals surface area contributed by atoms with Crippen LogP contribution >= 0.6 is 0 Å². The van der Waals surface area contributed by atoms with Gasteiger partial charge in [-0.2, -0.15) is 0 Å². The van der Waals surface area contributed by atoms with Gasteiger partial charge in [0.1, 0.15) is 0 Å². The molecule has 1 saturated heterocycles. The molecule has 2 nitrogen and oxygen atoms in total. The van der Waals surface area contributed by atoms with Gasteiger partial charge in [-0.1, -0.05) is 29.8 Å². The minimum atomic E-state index is -0.756. The molecule has 0 N–H and O–H groups in total. The van der Waals surface area contributed by atoms with Crippen LogP contribution in [0.5, 0.6) is 0 Å². The molecule has 2 rings (SSSR count). The average Bonchev–Trinajstić information content (AvgIpc) is 2.74. The SMILES string of the molecule is Cc1ccc(CC[S@](=O)[C@H]2CCO[C@@H]2C)cc1. The zero-order chi connectivity index (χ0) is 12.3. The van der Waals surface area contributed by atoms with Gasteiger partial charge in [-0.05, 0) is 32.3 Å². The maximum absolute atomic E-state index is 12.1. The Morgan fingerprint density at radius 1 is 1.35 bits per heavy atom. The van der Waals surface area contributed by atoms with Crippen LogP contribution in [0.3, 0.4) is 0 Å². The van der Waals surface area contributed by atoms with Crippen LogP contribution in [0.2, 0.25) is 0 Å². The van der Waals surface area contributed by atoms with Gasteiger partial charge in [0.25, 0.3) is 0 Å². The lowest BCUT2D eigenvalue weighted by Gasteiger charge is -2.13. The molecule has 0 amide bonds. The van der Waals surface area contributed by atoms with Crippen molar-refractivity contribution in [3.8, 4) is 0 Å². The van der Waals surface area contributed by atoms with E-state index in [1.807, 2.05) is 6.92 Å². The molecule has 1 aromatic carbocycles. The highest BCUT2D eigenvalue weighted by molar-refractivity contribution is 7.85. The highest BCUT2D eigenvalue weighted by Crippen LogP contribution is 2.19. The van der Waals surface area contributed by atoms with E-state index in [0.717, 1.165) is 25.2 Å². The van der Waals surface area contributed by atoms with Crippen molar-refractivity contribution in [2.75, 3.05) is 12.4 Å². The fourth-order valence-electron chi connectivity index (χ4n) is 2.18. The molecule has 94 valence electrons. The fourth-order valence-corrected chi connectivity index (χ4v) is 3.79. The minimum absolute atomic E-state index is 0.161. The Morgan fingerprint density at radius 3 is 2.65 bits per heavy atom. The third kappa shape index (κ3) is 3.39. The molecule has 0 radical (unpaired) electrons. The first-order valence-corrected chi connectivity index (χ1v) is 7.59. The number of aryl methyl sites for hydroxylation is 2. The number of rotatable bonds is 4. The first-order chi connectivity index (χ1) is 8.16. The van der Waals surface area contributed by atoms with Crippen LogP contribution in [0.25, 0.3) is 0 Å². The van der Waals surface area contributed by atoms with Crippen LogP contribution in [0, 0.1) is 6.92 Å². The van der Waals surface area contributed by atoms with E-state index in [1.165, 1.54) is 11.1 Å². The summed E-state index contributed by atoms with van der Waals surface area (Å²) in [6.07, 6.45) is 2.01. The molecule has 17 heavy (non-hydrogen) atoms. The Labute approximate surface area is 106 Å². The van der Waals surface area contributed by atoms with E-state index in [9.17, 15) is 4.21 Å². The first kappa shape index (κ1) is 12.8. The molecule has 1 aromatic rings. The van der Waals surface area contributed by atoms with Gasteiger partial charge in [0, 0.05) is 23.2 Å². The molecular weight excluding hydrogens is 232 g/mol. The van der Waals surface area contributed by atoms with E-state index in [0.29, 0.717) is 0 Å². The summed E-state index contributed by atoms with van der Waals surface area (Å²) in [4.78, 5) is 0. The van der Waals surface area contributed by atoms with Gasteiger partial charge in [0.05, 0.1) is 11.4 Å². The summed E-state index contributed by atoms with van der Waals surface area (Å²) in [5.74, 6) is 0.751. The minimum Gasteiger partial charge on any atom is -0.377 e. The summed E-state index contributed by atoms with van der Waals surface area (Å²) in [7, 11) is -0.756. The Morgan fingerprint density at radius 2 is 2.06 bits per heavy atom. The maximum atomic E-state index is 12.1. The van der Waals surface area contributed by atoms with Gasteiger partial charge in [-0.15, -0.1) is 0 Å². The van der Waals surface area contributed by atoms with Crippen molar-refractivity contribution >= 4 is 10.8 Å². The van der Waals surface area contributed by atoms with Crippen LogP contribution in [0.4, 0.5) is 0 Å². The summed E-state index contributed by atoms with van der Waals surface area (Å²) in [6.45, 7) is 4.88. The Bertz CT molecular complexity index is 386. The van der Waals surface area contributed by atoms with Gasteiger partial charge >= 0.3 is 0 Å². The van der Waals surface area contributed by atoms with Crippen LogP contribution in [-0.2, 0) is 22.0 Å². The van der Waals surface area contributed by atoms with Gasteiger partial charge < -0.3 is 4.74 Å². The predicted octanol–water partition coefficient (Wildman–Crippen LogP) is 2.46. The van der Waals surface area contributed by atoms with Gasteiger partial charge in [0.2, 0.25) is 0 Å². The molecular formula is C14H20O2S. The van der Waals surface area contributed by atoms with Crippen molar-refractivity contribution < 1.29 is 8.95 Å². The van der Waals surface area contributed by atoms with E-state index < -0.39 is 10.8 Å². The molecule has 1 aliphatic rings. The zero-order valence-corrected chi connectivity index (χ0v) is 11.3. The second kappa shape index (κ2) is 5.78. The van der Waals surface area contributed by atoms with Crippen molar-refractivity contribution in [3.63, 3.8) is 0 Å². The summed E-state index contributed by atoms with van der Waals surface area (Å²) in [5.41, 5.74) is 2.54. The summed E-state index contributed by atoms with van der Waals surface area (Å²) in [6, 6.07) is 8.47. The normalized spacial score (nSPS) is 26.0. The molecule has 0 unspecified atom stereocenters. The number of benzene rings is 1. The molecule has 1 aliphatic heterocycles.